The van der Waals surface area contributed by atoms with E-state index < -0.39 is 0 Å². The minimum absolute atomic E-state index is 0.667. The second-order valence-corrected chi connectivity index (χ2v) is 3.41. The van der Waals surface area contributed by atoms with Crippen LogP contribution in [0.1, 0.15) is 39.5 Å². The van der Waals surface area contributed by atoms with Gasteiger partial charge >= 0.3 is 0 Å². The third-order valence-electron chi connectivity index (χ3n) is 2.25. The molecule has 1 aliphatic rings. The Balaban J connectivity index is 2.68. The summed E-state index contributed by atoms with van der Waals surface area (Å²) in [5.74, 6) is 0.667. The first kappa shape index (κ1) is 7.64. The topological polar surface area (TPSA) is 26.0 Å². The number of nitrogens with two attached hydrogens (primary N) is 1. The average Bonchev–Trinajstić information content (AvgIpc) is 1.88. The Labute approximate surface area is 63.3 Å². The predicted octanol–water partition coefficient (Wildman–Crippen LogP) is 2.43. The lowest BCUT2D eigenvalue weighted by atomic mass is 9.89. The lowest BCUT2D eigenvalue weighted by molar-refractivity contribution is 0.594. The fourth-order valence-corrected chi connectivity index (χ4v) is 1.61. The van der Waals surface area contributed by atoms with Crippen LogP contribution in [0.4, 0.5) is 0 Å². The van der Waals surface area contributed by atoms with Gasteiger partial charge in [0.1, 0.15) is 0 Å². The van der Waals surface area contributed by atoms with Gasteiger partial charge < -0.3 is 5.73 Å². The Hall–Kier alpha value is -0.460. The summed E-state index contributed by atoms with van der Waals surface area (Å²) in [6, 6.07) is 0. The van der Waals surface area contributed by atoms with E-state index in [0.717, 1.165) is 6.42 Å². The number of allylic oxidation sites excluding steroid dienone is 2. The second-order valence-electron chi connectivity index (χ2n) is 3.41. The van der Waals surface area contributed by atoms with Gasteiger partial charge in [0.2, 0.25) is 0 Å². The monoisotopic (exact) mass is 139 g/mol. The minimum atomic E-state index is 0.667. The zero-order chi connectivity index (χ0) is 7.56. The molecule has 0 aromatic carbocycles. The van der Waals surface area contributed by atoms with E-state index in [4.69, 9.17) is 5.73 Å². The van der Waals surface area contributed by atoms with Gasteiger partial charge in [-0.05, 0) is 37.2 Å². The lowest BCUT2D eigenvalue weighted by Crippen LogP contribution is -2.11. The van der Waals surface area contributed by atoms with Crippen LogP contribution in [0.5, 0.6) is 0 Å². The largest absolute Gasteiger partial charge is 0.402 e. The van der Waals surface area contributed by atoms with Crippen molar-refractivity contribution in [3.8, 4) is 0 Å². The van der Waals surface area contributed by atoms with Gasteiger partial charge in [0, 0.05) is 5.70 Å². The third-order valence-corrected chi connectivity index (χ3v) is 2.25. The maximum atomic E-state index is 5.86. The van der Waals surface area contributed by atoms with E-state index in [1.165, 1.54) is 30.5 Å². The van der Waals surface area contributed by atoms with Crippen LogP contribution < -0.4 is 5.73 Å². The zero-order valence-electron chi connectivity index (χ0n) is 6.98. The van der Waals surface area contributed by atoms with Crippen LogP contribution in [-0.4, -0.2) is 0 Å². The van der Waals surface area contributed by atoms with Gasteiger partial charge in [-0.3, -0.25) is 0 Å². The molecule has 1 aliphatic carbocycles. The van der Waals surface area contributed by atoms with Crippen LogP contribution in [0.2, 0.25) is 0 Å². The first-order valence-electron chi connectivity index (χ1n) is 4.19. The molecule has 0 spiro atoms. The molecule has 0 aromatic heterocycles. The molecule has 1 nitrogen and oxygen atoms in total. The van der Waals surface area contributed by atoms with E-state index in [2.05, 4.69) is 13.8 Å². The first-order valence-corrected chi connectivity index (χ1v) is 4.19. The van der Waals surface area contributed by atoms with Crippen molar-refractivity contribution in [3.05, 3.63) is 11.3 Å². The highest BCUT2D eigenvalue weighted by molar-refractivity contribution is 5.15. The Morgan fingerprint density at radius 3 is 2.20 bits per heavy atom. The molecular weight excluding hydrogens is 122 g/mol. The van der Waals surface area contributed by atoms with Gasteiger partial charge in [-0.2, -0.15) is 0 Å². The normalized spacial score (nSPS) is 20.3. The average molecular weight is 139 g/mol. The van der Waals surface area contributed by atoms with Crippen LogP contribution in [0, 0.1) is 5.92 Å². The molecule has 58 valence electrons. The van der Waals surface area contributed by atoms with Gasteiger partial charge in [0.05, 0.1) is 0 Å². The molecule has 0 radical (unpaired) electrons. The summed E-state index contributed by atoms with van der Waals surface area (Å²) in [7, 11) is 0. The maximum absolute atomic E-state index is 5.86. The fraction of sp³-hybridized carbons (Fsp3) is 0.778. The summed E-state index contributed by atoms with van der Waals surface area (Å²) in [5.41, 5.74) is 8.53. The maximum Gasteiger partial charge on any atom is 0.00749 e. The smallest absolute Gasteiger partial charge is 0.00749 e. The Morgan fingerprint density at radius 2 is 1.80 bits per heavy atom. The summed E-state index contributed by atoms with van der Waals surface area (Å²) in [6.45, 7) is 4.46. The van der Waals surface area contributed by atoms with Gasteiger partial charge in [-0.25, -0.2) is 0 Å². The molecule has 0 saturated heterocycles. The summed E-state index contributed by atoms with van der Waals surface area (Å²) < 4.78 is 0. The molecule has 0 aliphatic heterocycles. The van der Waals surface area contributed by atoms with Crippen molar-refractivity contribution in [2.75, 3.05) is 0 Å². The van der Waals surface area contributed by atoms with Crippen LogP contribution in [-0.2, 0) is 0 Å². The highest BCUT2D eigenvalue weighted by Crippen LogP contribution is 2.26. The van der Waals surface area contributed by atoms with Crippen LogP contribution in [0.3, 0.4) is 0 Å². The molecule has 1 rings (SSSR count). The molecule has 10 heavy (non-hydrogen) atoms. The minimum Gasteiger partial charge on any atom is -0.402 e. The molecule has 0 atom stereocenters. The predicted molar refractivity (Wildman–Crippen MR) is 44.5 cm³/mol. The molecule has 2 N–H and O–H groups in total. The summed E-state index contributed by atoms with van der Waals surface area (Å²) in [5, 5.41) is 0. The third kappa shape index (κ3) is 1.53. The van der Waals surface area contributed by atoms with E-state index in [9.17, 15) is 0 Å². The van der Waals surface area contributed by atoms with Crippen molar-refractivity contribution < 1.29 is 0 Å². The fourth-order valence-electron chi connectivity index (χ4n) is 1.61. The van der Waals surface area contributed by atoms with Gasteiger partial charge in [-0.1, -0.05) is 13.8 Å². The summed E-state index contributed by atoms with van der Waals surface area (Å²) in [6.07, 6.45) is 5.01. The quantitative estimate of drug-likeness (QED) is 0.593. The van der Waals surface area contributed by atoms with E-state index >= 15 is 0 Å². The number of hydrogen-bond donors (Lipinski definition) is 1. The molecule has 1 heteroatoms. The standard InChI is InChI=1S/C9H17N/c1-7(2)8-5-3-4-6-9(8)10/h7H,3-6,10H2,1-2H3. The van der Waals surface area contributed by atoms with Crippen LogP contribution >= 0.6 is 0 Å². The van der Waals surface area contributed by atoms with Crippen LogP contribution in [0.25, 0.3) is 0 Å². The van der Waals surface area contributed by atoms with Crippen molar-refractivity contribution in [2.24, 2.45) is 11.7 Å². The highest BCUT2D eigenvalue weighted by Gasteiger charge is 2.11. The molecule has 0 heterocycles. The van der Waals surface area contributed by atoms with E-state index in [1.54, 1.807) is 0 Å². The summed E-state index contributed by atoms with van der Waals surface area (Å²) >= 11 is 0. The van der Waals surface area contributed by atoms with E-state index in [1.807, 2.05) is 0 Å². The van der Waals surface area contributed by atoms with Crippen molar-refractivity contribution in [3.63, 3.8) is 0 Å². The highest BCUT2D eigenvalue weighted by atomic mass is 14.6. The lowest BCUT2D eigenvalue weighted by Gasteiger charge is -2.19. The first-order chi connectivity index (χ1) is 4.72. The van der Waals surface area contributed by atoms with Crippen LogP contribution in [0.15, 0.2) is 11.3 Å². The Morgan fingerprint density at radius 1 is 1.20 bits per heavy atom. The van der Waals surface area contributed by atoms with Crippen molar-refractivity contribution in [1.29, 1.82) is 0 Å². The van der Waals surface area contributed by atoms with Crippen molar-refractivity contribution >= 4 is 0 Å². The van der Waals surface area contributed by atoms with Gasteiger partial charge in [0.15, 0.2) is 0 Å². The molecule has 0 aromatic rings. The van der Waals surface area contributed by atoms with Crippen molar-refractivity contribution in [1.82, 2.24) is 0 Å². The van der Waals surface area contributed by atoms with E-state index in [0.29, 0.717) is 5.92 Å². The van der Waals surface area contributed by atoms with Gasteiger partial charge in [0.25, 0.3) is 0 Å². The Bertz CT molecular complexity index is 145. The number of rotatable bonds is 1. The van der Waals surface area contributed by atoms with Crippen molar-refractivity contribution in [2.45, 2.75) is 39.5 Å². The molecular formula is C9H17N. The molecule has 0 bridgehead atoms. The summed E-state index contributed by atoms with van der Waals surface area (Å²) in [4.78, 5) is 0. The zero-order valence-corrected chi connectivity index (χ0v) is 6.98. The van der Waals surface area contributed by atoms with Gasteiger partial charge in [-0.15, -0.1) is 0 Å². The second kappa shape index (κ2) is 3.09. The molecule has 0 amide bonds. The SMILES string of the molecule is CC(C)C1=C(N)CCCC1. The molecule has 0 saturated carbocycles. The van der Waals surface area contributed by atoms with E-state index in [-0.39, 0.29) is 0 Å². The molecule has 0 fully saturated rings. The molecule has 0 unspecified atom stereocenters. The Kier molecular flexibility index (Phi) is 2.36. The number of hydrogen-bond acceptors (Lipinski definition) is 1.